The molecule has 5 rings (SSSR count). The molecule has 2 aliphatic heterocycles. The molecule has 1 N–H and O–H groups in total. The van der Waals surface area contributed by atoms with E-state index in [9.17, 15) is 22.8 Å². The van der Waals surface area contributed by atoms with E-state index < -0.39 is 17.6 Å². The molecule has 4 heterocycles. The van der Waals surface area contributed by atoms with Crippen LogP contribution in [0.2, 0.25) is 0 Å². The van der Waals surface area contributed by atoms with Gasteiger partial charge in [-0.05, 0) is 62.1 Å². The number of nitrogens with zero attached hydrogens (tertiary/aromatic N) is 3. The van der Waals surface area contributed by atoms with E-state index >= 15 is 0 Å². The quantitative estimate of drug-likeness (QED) is 0.611. The fourth-order valence-corrected chi connectivity index (χ4v) is 6.33. The normalized spacial score (nSPS) is 29.4. The van der Waals surface area contributed by atoms with E-state index in [-0.39, 0.29) is 34.8 Å². The summed E-state index contributed by atoms with van der Waals surface area (Å²) in [5.41, 5.74) is 0.723. The Kier molecular flexibility index (Phi) is 6.96. The van der Waals surface area contributed by atoms with E-state index in [0.29, 0.717) is 37.9 Å². The van der Waals surface area contributed by atoms with Crippen LogP contribution in [0.15, 0.2) is 30.7 Å². The van der Waals surface area contributed by atoms with Gasteiger partial charge in [-0.2, -0.15) is 13.2 Å². The van der Waals surface area contributed by atoms with E-state index in [0.717, 1.165) is 48.8 Å². The minimum Gasteiger partial charge on any atom is -0.381 e. The van der Waals surface area contributed by atoms with Crippen molar-refractivity contribution in [2.45, 2.75) is 70.0 Å². The highest BCUT2D eigenvalue weighted by atomic mass is 19.4. The molecule has 10 heteroatoms. The summed E-state index contributed by atoms with van der Waals surface area (Å²) in [6.07, 6.45) is 2.15. The second-order valence-electron chi connectivity index (χ2n) is 11.0. The summed E-state index contributed by atoms with van der Waals surface area (Å²) in [6.45, 7) is 7.77. The fraction of sp³-hybridized carbons (Fsp3) is 0.571. The van der Waals surface area contributed by atoms with Crippen molar-refractivity contribution < 1.29 is 27.5 Å². The topological polar surface area (TPSA) is 84.4 Å². The molecule has 0 bridgehead atoms. The molecular formula is C28H33F3N4O3. The minimum absolute atomic E-state index is 0.0559. The Morgan fingerprint density at radius 2 is 2.03 bits per heavy atom. The van der Waals surface area contributed by atoms with Crippen LogP contribution in [0.4, 0.5) is 19.0 Å². The van der Waals surface area contributed by atoms with E-state index in [2.05, 4.69) is 30.2 Å². The van der Waals surface area contributed by atoms with Gasteiger partial charge in [-0.25, -0.2) is 4.98 Å². The summed E-state index contributed by atoms with van der Waals surface area (Å²) in [5.74, 6) is 0.412. The van der Waals surface area contributed by atoms with Gasteiger partial charge in [-0.3, -0.25) is 19.5 Å². The summed E-state index contributed by atoms with van der Waals surface area (Å²) in [7, 11) is 0. The van der Waals surface area contributed by atoms with Crippen LogP contribution in [0.25, 0.3) is 0 Å². The largest absolute Gasteiger partial charge is 0.417 e. The van der Waals surface area contributed by atoms with Gasteiger partial charge in [0, 0.05) is 48.8 Å². The smallest absolute Gasteiger partial charge is 0.381 e. The second-order valence-corrected chi connectivity index (χ2v) is 11.0. The molecule has 4 unspecified atom stereocenters. The maximum absolute atomic E-state index is 13.2. The van der Waals surface area contributed by atoms with Crippen LogP contribution in [0.5, 0.6) is 0 Å². The number of alkyl halides is 3. The Morgan fingerprint density at radius 3 is 2.76 bits per heavy atom. The molecule has 0 aromatic carbocycles. The molecule has 2 aromatic rings. The minimum atomic E-state index is -4.56. The predicted molar refractivity (Wildman–Crippen MR) is 135 cm³/mol. The van der Waals surface area contributed by atoms with Gasteiger partial charge in [0.05, 0.1) is 23.7 Å². The van der Waals surface area contributed by atoms with Crippen LogP contribution in [-0.4, -0.2) is 47.6 Å². The van der Waals surface area contributed by atoms with Gasteiger partial charge in [0.25, 0.3) is 5.91 Å². The molecule has 5 atom stereocenters. The predicted octanol–water partition coefficient (Wildman–Crippen LogP) is 4.86. The van der Waals surface area contributed by atoms with Crippen LogP contribution in [0.3, 0.4) is 0 Å². The third-order valence-electron chi connectivity index (χ3n) is 8.75. The molecule has 1 saturated heterocycles. The molecule has 38 heavy (non-hydrogen) atoms. The van der Waals surface area contributed by atoms with E-state index in [4.69, 9.17) is 9.72 Å². The number of halogens is 3. The lowest BCUT2D eigenvalue weighted by molar-refractivity contribution is -0.138. The SMILES string of the molecule is CCN1C(=O)C2COCCC2(C)c2cc(C3CC(NC(=O)c4cncc(C(F)(F)F)c4)CC[C@@H]3C)cnc21. The number of carbonyl (C=O) groups is 2. The van der Waals surface area contributed by atoms with Crippen molar-refractivity contribution in [1.29, 1.82) is 0 Å². The van der Waals surface area contributed by atoms with Crippen molar-refractivity contribution in [3.05, 3.63) is 53.0 Å². The Morgan fingerprint density at radius 1 is 1.24 bits per heavy atom. The molecular weight excluding hydrogens is 497 g/mol. The average Bonchev–Trinajstić information content (AvgIpc) is 2.89. The van der Waals surface area contributed by atoms with E-state index in [1.165, 1.54) is 0 Å². The number of carbonyl (C=O) groups excluding carboxylic acids is 2. The van der Waals surface area contributed by atoms with Crippen LogP contribution in [0, 0.1) is 11.8 Å². The van der Waals surface area contributed by atoms with Gasteiger partial charge in [0.2, 0.25) is 5.91 Å². The molecule has 1 saturated carbocycles. The first-order valence-electron chi connectivity index (χ1n) is 13.3. The molecule has 7 nitrogen and oxygen atoms in total. The zero-order chi connectivity index (χ0) is 27.2. The number of ether oxygens (including phenoxy) is 1. The van der Waals surface area contributed by atoms with Crippen molar-refractivity contribution in [1.82, 2.24) is 15.3 Å². The lowest BCUT2D eigenvalue weighted by atomic mass is 9.65. The van der Waals surface area contributed by atoms with Crippen LogP contribution < -0.4 is 10.2 Å². The van der Waals surface area contributed by atoms with E-state index in [1.54, 1.807) is 4.90 Å². The van der Waals surface area contributed by atoms with Crippen molar-refractivity contribution in [2.75, 3.05) is 24.7 Å². The number of aromatic nitrogens is 2. The number of nitrogens with one attached hydrogen (secondary N) is 1. The molecule has 0 radical (unpaired) electrons. The summed E-state index contributed by atoms with van der Waals surface area (Å²) < 4.78 is 44.9. The summed E-state index contributed by atoms with van der Waals surface area (Å²) >= 11 is 0. The number of hydrogen-bond donors (Lipinski definition) is 1. The molecule has 2 amide bonds. The van der Waals surface area contributed by atoms with Gasteiger partial charge in [-0.15, -0.1) is 0 Å². The standard InChI is InChI=1S/C28H33F3N4O3/c1-4-35-24-22(27(3)7-8-38-15-23(27)26(35)37)10-17(13-33-24)21-11-20(6-5-16(21)2)34-25(36)18-9-19(14-32-12-18)28(29,30)31/h9-10,12-14,16,20-21,23H,4-8,11,15H2,1-3H3,(H,34,36)/t16-,20?,21?,23?,27?/m0/s1. The molecule has 204 valence electrons. The van der Waals surface area contributed by atoms with Crippen LogP contribution >= 0.6 is 0 Å². The van der Waals surface area contributed by atoms with Crippen LogP contribution in [0.1, 0.15) is 79.4 Å². The molecule has 3 aliphatic rings. The lowest BCUT2D eigenvalue weighted by Crippen LogP contribution is -2.55. The third-order valence-corrected chi connectivity index (χ3v) is 8.75. The summed E-state index contributed by atoms with van der Waals surface area (Å²) in [5, 5.41) is 2.94. The maximum Gasteiger partial charge on any atom is 0.417 e. The first kappa shape index (κ1) is 26.6. The second kappa shape index (κ2) is 9.94. The number of hydrogen-bond acceptors (Lipinski definition) is 5. The highest BCUT2D eigenvalue weighted by Gasteiger charge is 2.50. The zero-order valence-corrected chi connectivity index (χ0v) is 21.8. The number of amides is 2. The first-order valence-corrected chi connectivity index (χ1v) is 13.3. The molecule has 2 fully saturated rings. The van der Waals surface area contributed by atoms with Gasteiger partial charge < -0.3 is 10.1 Å². The summed E-state index contributed by atoms with van der Waals surface area (Å²) in [6, 6.07) is 2.84. The molecule has 1 aliphatic carbocycles. The lowest BCUT2D eigenvalue weighted by Gasteiger charge is -2.48. The highest BCUT2D eigenvalue weighted by Crippen LogP contribution is 2.49. The Labute approximate surface area is 220 Å². The number of rotatable bonds is 4. The maximum atomic E-state index is 13.2. The Balaban J connectivity index is 1.39. The summed E-state index contributed by atoms with van der Waals surface area (Å²) in [4.78, 5) is 36.2. The van der Waals surface area contributed by atoms with E-state index in [1.807, 2.05) is 13.1 Å². The zero-order valence-electron chi connectivity index (χ0n) is 21.8. The van der Waals surface area contributed by atoms with Crippen molar-refractivity contribution in [2.24, 2.45) is 11.8 Å². The van der Waals surface area contributed by atoms with Gasteiger partial charge in [0.1, 0.15) is 5.82 Å². The van der Waals surface area contributed by atoms with Gasteiger partial charge >= 0.3 is 6.18 Å². The van der Waals surface area contributed by atoms with Gasteiger partial charge in [-0.1, -0.05) is 13.8 Å². The monoisotopic (exact) mass is 530 g/mol. The highest BCUT2D eigenvalue weighted by molar-refractivity contribution is 5.99. The van der Waals surface area contributed by atoms with Crippen molar-refractivity contribution in [3.8, 4) is 0 Å². The number of pyridine rings is 2. The Hall–Kier alpha value is -3.01. The molecule has 2 aromatic heterocycles. The van der Waals surface area contributed by atoms with Gasteiger partial charge in [0.15, 0.2) is 0 Å². The van der Waals surface area contributed by atoms with Crippen molar-refractivity contribution in [3.63, 3.8) is 0 Å². The molecule has 0 spiro atoms. The fourth-order valence-electron chi connectivity index (χ4n) is 6.33. The number of anilines is 1. The number of fused-ring (bicyclic) bond motifs is 3. The van der Waals surface area contributed by atoms with Crippen LogP contribution in [-0.2, 0) is 21.1 Å². The first-order chi connectivity index (χ1) is 18.0. The average molecular weight is 531 g/mol. The third kappa shape index (κ3) is 4.67. The Bertz CT molecular complexity index is 1240. The van der Waals surface area contributed by atoms with Crippen molar-refractivity contribution >= 4 is 17.6 Å².